The predicted octanol–water partition coefficient (Wildman–Crippen LogP) is 4.73. The van der Waals surface area contributed by atoms with Crippen molar-refractivity contribution in [2.75, 3.05) is 10.6 Å². The molecule has 2 amide bonds. The van der Waals surface area contributed by atoms with E-state index in [0.29, 0.717) is 22.8 Å². The SMILES string of the molecule is O=C(Nc1nc2c(s1)CCCC2C(=O)Nc1ccc(F)c(F)c1)c1ccccc1. The maximum Gasteiger partial charge on any atom is 0.257 e. The van der Waals surface area contributed by atoms with Gasteiger partial charge in [0.25, 0.3) is 5.91 Å². The number of carbonyl (C=O) groups excluding carboxylic acids is 2. The third-order valence-corrected chi connectivity index (χ3v) is 5.76. The molecule has 8 heteroatoms. The van der Waals surface area contributed by atoms with Gasteiger partial charge in [0.05, 0.1) is 11.6 Å². The minimum absolute atomic E-state index is 0.189. The quantitative estimate of drug-likeness (QED) is 0.650. The number of anilines is 2. The van der Waals surface area contributed by atoms with Gasteiger partial charge in [0, 0.05) is 22.2 Å². The average molecular weight is 413 g/mol. The third-order valence-electron chi connectivity index (χ3n) is 4.71. The van der Waals surface area contributed by atoms with Crippen LogP contribution < -0.4 is 10.6 Å². The summed E-state index contributed by atoms with van der Waals surface area (Å²) in [5.41, 5.74) is 1.34. The smallest absolute Gasteiger partial charge is 0.257 e. The molecule has 1 aliphatic rings. The fraction of sp³-hybridized carbons (Fsp3) is 0.190. The van der Waals surface area contributed by atoms with Crippen LogP contribution in [0.25, 0.3) is 0 Å². The lowest BCUT2D eigenvalue weighted by Crippen LogP contribution is -2.24. The number of fused-ring (bicyclic) bond motifs is 1. The lowest BCUT2D eigenvalue weighted by Gasteiger charge is -2.20. The number of hydrogen-bond acceptors (Lipinski definition) is 4. The fourth-order valence-corrected chi connectivity index (χ4v) is 4.35. The molecule has 4 rings (SSSR count). The molecule has 148 valence electrons. The van der Waals surface area contributed by atoms with Crippen molar-refractivity contribution in [2.45, 2.75) is 25.2 Å². The van der Waals surface area contributed by atoms with E-state index in [1.165, 1.54) is 17.4 Å². The Labute approximate surface area is 169 Å². The highest BCUT2D eigenvalue weighted by atomic mass is 32.1. The number of benzene rings is 2. The lowest BCUT2D eigenvalue weighted by atomic mass is 9.90. The Balaban J connectivity index is 1.51. The molecule has 1 aliphatic carbocycles. The van der Waals surface area contributed by atoms with Crippen molar-refractivity contribution in [1.29, 1.82) is 0 Å². The molecule has 0 spiro atoms. The van der Waals surface area contributed by atoms with Crippen molar-refractivity contribution in [2.24, 2.45) is 0 Å². The molecule has 29 heavy (non-hydrogen) atoms. The highest BCUT2D eigenvalue weighted by Gasteiger charge is 2.30. The van der Waals surface area contributed by atoms with Gasteiger partial charge in [0.1, 0.15) is 0 Å². The maximum absolute atomic E-state index is 13.4. The molecule has 2 N–H and O–H groups in total. The summed E-state index contributed by atoms with van der Waals surface area (Å²) in [5.74, 6) is -3.10. The van der Waals surface area contributed by atoms with Gasteiger partial charge in [-0.25, -0.2) is 13.8 Å². The van der Waals surface area contributed by atoms with E-state index >= 15 is 0 Å². The van der Waals surface area contributed by atoms with Crippen LogP contribution in [0.1, 0.15) is 39.7 Å². The molecule has 0 fully saturated rings. The Morgan fingerprint density at radius 3 is 2.59 bits per heavy atom. The van der Waals surface area contributed by atoms with Gasteiger partial charge >= 0.3 is 0 Å². The molecular weight excluding hydrogens is 396 g/mol. The topological polar surface area (TPSA) is 71.1 Å². The summed E-state index contributed by atoms with van der Waals surface area (Å²) in [6.07, 6.45) is 2.18. The van der Waals surface area contributed by atoms with Crippen LogP contribution in [0.3, 0.4) is 0 Å². The number of thiazole rings is 1. The third kappa shape index (κ3) is 4.17. The molecular formula is C21H17F2N3O2S. The van der Waals surface area contributed by atoms with Crippen molar-refractivity contribution < 1.29 is 18.4 Å². The molecule has 0 saturated carbocycles. The second-order valence-electron chi connectivity index (χ2n) is 6.71. The Kier molecular flexibility index (Phi) is 5.35. The Hall–Kier alpha value is -3.13. The maximum atomic E-state index is 13.4. The van der Waals surface area contributed by atoms with Gasteiger partial charge in [-0.05, 0) is 43.5 Å². The highest BCUT2D eigenvalue weighted by molar-refractivity contribution is 7.16. The summed E-state index contributed by atoms with van der Waals surface area (Å²) >= 11 is 1.36. The van der Waals surface area contributed by atoms with Crippen LogP contribution in [-0.2, 0) is 11.2 Å². The van der Waals surface area contributed by atoms with E-state index in [4.69, 9.17) is 0 Å². The first kappa shape index (κ1) is 19.2. The highest BCUT2D eigenvalue weighted by Crippen LogP contribution is 2.37. The van der Waals surface area contributed by atoms with Crippen molar-refractivity contribution in [1.82, 2.24) is 4.98 Å². The summed E-state index contributed by atoms with van der Waals surface area (Å²) in [6, 6.07) is 12.0. The summed E-state index contributed by atoms with van der Waals surface area (Å²) in [4.78, 5) is 30.5. The van der Waals surface area contributed by atoms with E-state index in [9.17, 15) is 18.4 Å². The molecule has 1 aromatic heterocycles. The number of carbonyl (C=O) groups is 2. The summed E-state index contributed by atoms with van der Waals surface area (Å²) < 4.78 is 26.5. The first-order valence-corrected chi connectivity index (χ1v) is 9.95. The fourth-order valence-electron chi connectivity index (χ4n) is 3.29. The normalized spacial score (nSPS) is 15.4. The van der Waals surface area contributed by atoms with E-state index in [1.54, 1.807) is 24.3 Å². The number of hydrogen-bond donors (Lipinski definition) is 2. The van der Waals surface area contributed by atoms with Gasteiger partial charge in [-0.2, -0.15) is 0 Å². The second kappa shape index (κ2) is 8.08. The number of nitrogens with one attached hydrogen (secondary N) is 2. The zero-order valence-corrected chi connectivity index (χ0v) is 16.1. The lowest BCUT2D eigenvalue weighted by molar-refractivity contribution is -0.117. The van der Waals surface area contributed by atoms with Crippen LogP contribution in [0.5, 0.6) is 0 Å². The molecule has 5 nitrogen and oxygen atoms in total. The number of aryl methyl sites for hydroxylation is 1. The number of aromatic nitrogens is 1. The van der Waals surface area contributed by atoms with Gasteiger partial charge in [-0.3, -0.25) is 14.9 Å². The number of halogens is 2. The number of amides is 2. The van der Waals surface area contributed by atoms with Gasteiger partial charge in [-0.1, -0.05) is 18.2 Å². The predicted molar refractivity (Wildman–Crippen MR) is 107 cm³/mol. The largest absolute Gasteiger partial charge is 0.325 e. The minimum atomic E-state index is -1.02. The van der Waals surface area contributed by atoms with Crippen molar-refractivity contribution >= 4 is 34.0 Å². The van der Waals surface area contributed by atoms with Crippen LogP contribution in [0.2, 0.25) is 0 Å². The standard InChI is InChI=1S/C21H17F2N3O2S/c22-15-10-9-13(11-16(15)23)24-20(28)14-7-4-8-17-18(14)25-21(29-17)26-19(27)12-5-2-1-3-6-12/h1-3,5-6,9-11,14H,4,7-8H2,(H,24,28)(H,25,26,27). The average Bonchev–Trinajstić information content (AvgIpc) is 3.13. The van der Waals surface area contributed by atoms with Crippen LogP contribution in [0, 0.1) is 11.6 Å². The molecule has 0 radical (unpaired) electrons. The van der Waals surface area contributed by atoms with Crippen LogP contribution in [0.4, 0.5) is 19.6 Å². The van der Waals surface area contributed by atoms with E-state index in [0.717, 1.165) is 29.9 Å². The Bertz CT molecular complexity index is 1070. The van der Waals surface area contributed by atoms with Crippen molar-refractivity contribution in [3.8, 4) is 0 Å². The van der Waals surface area contributed by atoms with Gasteiger partial charge in [0.15, 0.2) is 16.8 Å². The molecule has 0 aliphatic heterocycles. The molecule has 2 aromatic carbocycles. The van der Waals surface area contributed by atoms with Gasteiger partial charge in [0.2, 0.25) is 5.91 Å². The first-order chi connectivity index (χ1) is 14.0. The van der Waals surface area contributed by atoms with E-state index in [1.807, 2.05) is 6.07 Å². The van der Waals surface area contributed by atoms with Crippen LogP contribution >= 0.6 is 11.3 Å². The molecule has 1 atom stereocenters. The van der Waals surface area contributed by atoms with E-state index < -0.39 is 17.6 Å². The van der Waals surface area contributed by atoms with Crippen LogP contribution in [-0.4, -0.2) is 16.8 Å². The first-order valence-electron chi connectivity index (χ1n) is 9.13. The second-order valence-corrected chi connectivity index (χ2v) is 7.79. The zero-order chi connectivity index (χ0) is 20.4. The van der Waals surface area contributed by atoms with Crippen LogP contribution in [0.15, 0.2) is 48.5 Å². The summed E-state index contributed by atoms with van der Waals surface area (Å²) in [6.45, 7) is 0. The molecule has 1 unspecified atom stereocenters. The van der Waals surface area contributed by atoms with E-state index in [-0.39, 0.29) is 17.5 Å². The Morgan fingerprint density at radius 1 is 1.03 bits per heavy atom. The molecule has 1 heterocycles. The number of nitrogens with zero attached hydrogens (tertiary/aromatic N) is 1. The summed E-state index contributed by atoms with van der Waals surface area (Å²) in [5, 5.41) is 5.85. The minimum Gasteiger partial charge on any atom is -0.325 e. The zero-order valence-electron chi connectivity index (χ0n) is 15.2. The number of rotatable bonds is 4. The van der Waals surface area contributed by atoms with Gasteiger partial charge < -0.3 is 5.32 Å². The van der Waals surface area contributed by atoms with Crippen molar-refractivity contribution in [3.05, 3.63) is 76.3 Å². The monoisotopic (exact) mass is 413 g/mol. The molecule has 0 saturated heterocycles. The van der Waals surface area contributed by atoms with Crippen molar-refractivity contribution in [3.63, 3.8) is 0 Å². The van der Waals surface area contributed by atoms with E-state index in [2.05, 4.69) is 15.6 Å². The van der Waals surface area contributed by atoms with Gasteiger partial charge in [-0.15, -0.1) is 11.3 Å². The Morgan fingerprint density at radius 2 is 1.83 bits per heavy atom. The molecule has 3 aromatic rings. The summed E-state index contributed by atoms with van der Waals surface area (Å²) in [7, 11) is 0. The molecule has 0 bridgehead atoms.